The Morgan fingerprint density at radius 3 is 2.75 bits per heavy atom. The zero-order valence-corrected chi connectivity index (χ0v) is 9.36. The number of ether oxygens (including phenoxy) is 1. The van der Waals surface area contributed by atoms with E-state index in [-0.39, 0.29) is 0 Å². The number of fused-ring (bicyclic) bond motifs is 1. The van der Waals surface area contributed by atoms with Crippen LogP contribution in [0.15, 0.2) is 55.1 Å². The first-order valence-corrected chi connectivity index (χ1v) is 5.63. The van der Waals surface area contributed by atoms with E-state index in [2.05, 4.69) is 24.8 Å². The average molecular weight is 212 g/mol. The van der Waals surface area contributed by atoms with Gasteiger partial charge in [0.15, 0.2) is 0 Å². The van der Waals surface area contributed by atoms with E-state index in [0.29, 0.717) is 0 Å². The molecule has 1 heteroatoms. The van der Waals surface area contributed by atoms with Crippen molar-refractivity contribution in [2.45, 2.75) is 12.8 Å². The highest BCUT2D eigenvalue weighted by Crippen LogP contribution is 2.25. The molecule has 0 atom stereocenters. The average Bonchev–Trinajstić information content (AvgIpc) is 2.35. The summed E-state index contributed by atoms with van der Waals surface area (Å²) in [5, 5.41) is 2.41. The molecule has 0 radical (unpaired) electrons. The maximum Gasteiger partial charge on any atom is 0.127 e. The molecule has 2 rings (SSSR count). The van der Waals surface area contributed by atoms with Crippen molar-refractivity contribution < 1.29 is 4.74 Å². The molecule has 0 N–H and O–H groups in total. The monoisotopic (exact) mass is 212 g/mol. The predicted molar refractivity (Wildman–Crippen MR) is 68.9 cm³/mol. The first-order valence-electron chi connectivity index (χ1n) is 5.63. The van der Waals surface area contributed by atoms with Crippen molar-refractivity contribution in [3.63, 3.8) is 0 Å². The van der Waals surface area contributed by atoms with Crippen LogP contribution in [0.5, 0.6) is 5.75 Å². The smallest absolute Gasteiger partial charge is 0.127 e. The van der Waals surface area contributed by atoms with Gasteiger partial charge in [0.25, 0.3) is 0 Å². The molecule has 1 nitrogen and oxygen atoms in total. The molecule has 0 amide bonds. The van der Waals surface area contributed by atoms with Crippen LogP contribution in [0.1, 0.15) is 12.8 Å². The van der Waals surface area contributed by atoms with Gasteiger partial charge in [0, 0.05) is 5.39 Å². The summed E-state index contributed by atoms with van der Waals surface area (Å²) in [7, 11) is 0. The molecule has 0 aromatic heterocycles. The van der Waals surface area contributed by atoms with Gasteiger partial charge >= 0.3 is 0 Å². The Bertz CT molecular complexity index is 468. The second kappa shape index (κ2) is 5.36. The third-order valence-electron chi connectivity index (χ3n) is 2.56. The number of allylic oxidation sites excluding steroid dienone is 1. The van der Waals surface area contributed by atoms with Gasteiger partial charge < -0.3 is 4.74 Å². The summed E-state index contributed by atoms with van der Waals surface area (Å²) in [5.41, 5.74) is 0. The van der Waals surface area contributed by atoms with Crippen molar-refractivity contribution in [2.24, 2.45) is 0 Å². The fraction of sp³-hybridized carbons (Fsp3) is 0.200. The summed E-state index contributed by atoms with van der Waals surface area (Å²) in [6.07, 6.45) is 3.95. The molecule has 16 heavy (non-hydrogen) atoms. The predicted octanol–water partition coefficient (Wildman–Crippen LogP) is 4.18. The van der Waals surface area contributed by atoms with E-state index in [4.69, 9.17) is 4.74 Å². The third kappa shape index (κ3) is 2.43. The number of hydrogen-bond donors (Lipinski definition) is 0. The Balaban J connectivity index is 2.14. The Morgan fingerprint density at radius 2 is 1.88 bits per heavy atom. The summed E-state index contributed by atoms with van der Waals surface area (Å²) >= 11 is 0. The molecular weight excluding hydrogens is 196 g/mol. The Hall–Kier alpha value is -1.76. The first-order chi connectivity index (χ1) is 7.92. The Kier molecular flexibility index (Phi) is 3.60. The van der Waals surface area contributed by atoms with E-state index in [9.17, 15) is 0 Å². The number of rotatable bonds is 5. The van der Waals surface area contributed by atoms with Crippen molar-refractivity contribution in [3.05, 3.63) is 55.1 Å². The van der Waals surface area contributed by atoms with Crippen LogP contribution in [0.4, 0.5) is 0 Å². The SMILES string of the molecule is C=CCCCOc1cccc2ccccc12. The maximum atomic E-state index is 5.77. The molecule has 0 bridgehead atoms. The third-order valence-corrected chi connectivity index (χ3v) is 2.56. The van der Waals surface area contributed by atoms with Gasteiger partial charge in [-0.25, -0.2) is 0 Å². The molecule has 2 aromatic rings. The van der Waals surface area contributed by atoms with Gasteiger partial charge in [-0.3, -0.25) is 0 Å². The van der Waals surface area contributed by atoms with E-state index >= 15 is 0 Å². The van der Waals surface area contributed by atoms with Gasteiger partial charge in [0.2, 0.25) is 0 Å². The van der Waals surface area contributed by atoms with Gasteiger partial charge in [-0.15, -0.1) is 6.58 Å². The van der Waals surface area contributed by atoms with Crippen LogP contribution < -0.4 is 4.74 Å². The lowest BCUT2D eigenvalue weighted by Crippen LogP contribution is -1.96. The number of hydrogen-bond acceptors (Lipinski definition) is 1. The van der Waals surface area contributed by atoms with E-state index in [1.807, 2.05) is 30.3 Å². The van der Waals surface area contributed by atoms with Gasteiger partial charge in [0.05, 0.1) is 6.61 Å². The Morgan fingerprint density at radius 1 is 1.06 bits per heavy atom. The molecule has 0 unspecified atom stereocenters. The van der Waals surface area contributed by atoms with E-state index in [0.717, 1.165) is 25.2 Å². The normalized spacial score (nSPS) is 10.2. The molecule has 0 aliphatic rings. The second-order valence-corrected chi connectivity index (χ2v) is 3.76. The van der Waals surface area contributed by atoms with Crippen LogP contribution in [-0.4, -0.2) is 6.61 Å². The van der Waals surface area contributed by atoms with Crippen molar-refractivity contribution in [1.29, 1.82) is 0 Å². The van der Waals surface area contributed by atoms with Crippen LogP contribution >= 0.6 is 0 Å². The van der Waals surface area contributed by atoms with Crippen LogP contribution in [-0.2, 0) is 0 Å². The van der Waals surface area contributed by atoms with Crippen LogP contribution in [0.2, 0.25) is 0 Å². The lowest BCUT2D eigenvalue weighted by atomic mass is 10.1. The van der Waals surface area contributed by atoms with E-state index in [1.165, 1.54) is 10.8 Å². The fourth-order valence-corrected chi connectivity index (χ4v) is 1.73. The summed E-state index contributed by atoms with van der Waals surface area (Å²) in [5.74, 6) is 0.974. The number of benzene rings is 2. The van der Waals surface area contributed by atoms with Gasteiger partial charge in [-0.2, -0.15) is 0 Å². The van der Waals surface area contributed by atoms with E-state index < -0.39 is 0 Å². The molecule has 0 heterocycles. The topological polar surface area (TPSA) is 9.23 Å². The van der Waals surface area contributed by atoms with Gasteiger partial charge in [-0.05, 0) is 24.3 Å². The molecule has 82 valence electrons. The second-order valence-electron chi connectivity index (χ2n) is 3.76. The molecular formula is C15H16O. The van der Waals surface area contributed by atoms with E-state index in [1.54, 1.807) is 0 Å². The first kappa shape index (κ1) is 10.7. The largest absolute Gasteiger partial charge is 0.493 e. The highest BCUT2D eigenvalue weighted by atomic mass is 16.5. The minimum absolute atomic E-state index is 0.750. The quantitative estimate of drug-likeness (QED) is 0.533. The zero-order chi connectivity index (χ0) is 11.2. The lowest BCUT2D eigenvalue weighted by Gasteiger charge is -2.08. The Labute approximate surface area is 96.4 Å². The highest BCUT2D eigenvalue weighted by Gasteiger charge is 1.99. The lowest BCUT2D eigenvalue weighted by molar-refractivity contribution is 0.316. The highest BCUT2D eigenvalue weighted by molar-refractivity contribution is 5.88. The van der Waals surface area contributed by atoms with Crippen molar-refractivity contribution in [2.75, 3.05) is 6.61 Å². The minimum atomic E-state index is 0.750. The summed E-state index contributed by atoms with van der Waals surface area (Å²) in [4.78, 5) is 0. The standard InChI is InChI=1S/C15H16O/c1-2-3-6-12-16-15-11-7-9-13-8-4-5-10-14(13)15/h2,4-5,7-11H,1,3,6,12H2. The number of unbranched alkanes of at least 4 members (excludes halogenated alkanes) is 1. The van der Waals surface area contributed by atoms with Crippen LogP contribution in [0, 0.1) is 0 Å². The molecule has 0 fully saturated rings. The van der Waals surface area contributed by atoms with Crippen molar-refractivity contribution in [3.8, 4) is 5.75 Å². The maximum absolute atomic E-state index is 5.77. The van der Waals surface area contributed by atoms with Crippen molar-refractivity contribution in [1.82, 2.24) is 0 Å². The summed E-state index contributed by atoms with van der Waals surface area (Å²) in [6, 6.07) is 14.4. The molecule has 0 spiro atoms. The van der Waals surface area contributed by atoms with Crippen molar-refractivity contribution >= 4 is 10.8 Å². The fourth-order valence-electron chi connectivity index (χ4n) is 1.73. The zero-order valence-electron chi connectivity index (χ0n) is 9.36. The summed E-state index contributed by atoms with van der Waals surface area (Å²) in [6.45, 7) is 4.45. The van der Waals surface area contributed by atoms with Gasteiger partial charge in [0.1, 0.15) is 5.75 Å². The van der Waals surface area contributed by atoms with Gasteiger partial charge in [-0.1, -0.05) is 42.5 Å². The molecule has 2 aromatic carbocycles. The van der Waals surface area contributed by atoms with Crippen LogP contribution in [0.25, 0.3) is 10.8 Å². The summed E-state index contributed by atoms with van der Waals surface area (Å²) < 4.78 is 5.77. The molecule has 0 saturated heterocycles. The molecule has 0 aliphatic carbocycles. The minimum Gasteiger partial charge on any atom is -0.493 e. The van der Waals surface area contributed by atoms with Crippen LogP contribution in [0.3, 0.4) is 0 Å². The molecule has 0 saturated carbocycles. The molecule has 0 aliphatic heterocycles.